The number of hydrogen-bond donors (Lipinski definition) is 0. The molecule has 0 spiro atoms. The van der Waals surface area contributed by atoms with Gasteiger partial charge in [-0.25, -0.2) is 0 Å². The van der Waals surface area contributed by atoms with Gasteiger partial charge in [0.05, 0.1) is 18.4 Å². The first-order valence-corrected chi connectivity index (χ1v) is 8.49. The van der Waals surface area contributed by atoms with Crippen molar-refractivity contribution in [3.05, 3.63) is 29.3 Å². The Kier molecular flexibility index (Phi) is 6.46. The highest BCUT2D eigenvalue weighted by Crippen LogP contribution is 2.32. The molecule has 1 aliphatic carbocycles. The molecule has 1 aromatic rings. The fourth-order valence-corrected chi connectivity index (χ4v) is 2.87. The summed E-state index contributed by atoms with van der Waals surface area (Å²) in [7, 11) is 0. The Hall–Kier alpha value is -1.55. The molecule has 0 saturated heterocycles. The first-order chi connectivity index (χ1) is 11.0. The van der Waals surface area contributed by atoms with E-state index in [0.717, 1.165) is 12.8 Å². The maximum absolute atomic E-state index is 12.4. The number of hydrogen-bond acceptors (Lipinski definition) is 4. The first kappa shape index (κ1) is 17.8. The van der Waals surface area contributed by atoms with Crippen molar-refractivity contribution in [2.24, 2.45) is 17.8 Å². The zero-order valence-electron chi connectivity index (χ0n) is 13.6. The van der Waals surface area contributed by atoms with E-state index in [4.69, 9.17) is 21.1 Å². The molecule has 0 amide bonds. The molecule has 0 aromatic heterocycles. The van der Waals surface area contributed by atoms with E-state index in [-0.39, 0.29) is 17.9 Å². The van der Waals surface area contributed by atoms with Crippen LogP contribution >= 0.6 is 11.6 Å². The van der Waals surface area contributed by atoms with Gasteiger partial charge in [-0.1, -0.05) is 38.3 Å². The van der Waals surface area contributed by atoms with Gasteiger partial charge in [0, 0.05) is 5.02 Å². The summed E-state index contributed by atoms with van der Waals surface area (Å²) < 4.78 is 10.7. The highest BCUT2D eigenvalue weighted by molar-refractivity contribution is 6.30. The lowest BCUT2D eigenvalue weighted by atomic mass is 9.79. The fraction of sp³-hybridized carbons (Fsp3) is 0.556. The van der Waals surface area contributed by atoms with Crippen LogP contribution in [0.25, 0.3) is 0 Å². The van der Waals surface area contributed by atoms with Crippen LogP contribution in [0.1, 0.15) is 39.5 Å². The normalized spacial score (nSPS) is 21.0. The summed E-state index contributed by atoms with van der Waals surface area (Å²) in [4.78, 5) is 24.7. The Balaban J connectivity index is 2.00. The minimum Gasteiger partial charge on any atom is -0.465 e. The molecule has 23 heavy (non-hydrogen) atoms. The summed E-state index contributed by atoms with van der Waals surface area (Å²) in [6.07, 6.45) is 3.20. The van der Waals surface area contributed by atoms with Crippen LogP contribution in [0.3, 0.4) is 0 Å². The van der Waals surface area contributed by atoms with E-state index in [0.29, 0.717) is 30.2 Å². The number of carbonyl (C=O) groups excluding carboxylic acids is 2. The maximum atomic E-state index is 12.4. The van der Waals surface area contributed by atoms with Crippen LogP contribution in [0.4, 0.5) is 0 Å². The van der Waals surface area contributed by atoms with Gasteiger partial charge in [-0.15, -0.1) is 0 Å². The minimum absolute atomic E-state index is 0.280. The number of ether oxygens (including phenoxy) is 2. The lowest BCUT2D eigenvalue weighted by molar-refractivity contribution is -0.159. The molecule has 0 bridgehead atoms. The van der Waals surface area contributed by atoms with Gasteiger partial charge >= 0.3 is 11.9 Å². The van der Waals surface area contributed by atoms with Crippen molar-refractivity contribution in [2.75, 3.05) is 6.61 Å². The van der Waals surface area contributed by atoms with E-state index in [2.05, 4.69) is 0 Å². The fourth-order valence-electron chi connectivity index (χ4n) is 2.75. The third kappa shape index (κ3) is 5.24. The van der Waals surface area contributed by atoms with Crippen LogP contribution in [0.5, 0.6) is 5.75 Å². The second-order valence-corrected chi connectivity index (χ2v) is 6.83. The SMILES string of the molecule is CC(C)COC(=O)C1CCCCC1C(=O)Oc1ccc(Cl)cc1. The zero-order chi connectivity index (χ0) is 16.8. The van der Waals surface area contributed by atoms with Crippen LogP contribution in [0.2, 0.25) is 5.02 Å². The number of halogens is 1. The minimum atomic E-state index is -0.431. The maximum Gasteiger partial charge on any atom is 0.315 e. The molecule has 5 heteroatoms. The molecule has 0 radical (unpaired) electrons. The molecule has 0 aliphatic heterocycles. The summed E-state index contributed by atoms with van der Waals surface area (Å²) in [5.41, 5.74) is 0. The van der Waals surface area contributed by atoms with Crippen LogP contribution < -0.4 is 4.74 Å². The van der Waals surface area contributed by atoms with Crippen LogP contribution in [-0.4, -0.2) is 18.5 Å². The standard InChI is InChI=1S/C18H23ClO4/c1-12(2)11-22-17(20)15-5-3-4-6-16(15)18(21)23-14-9-7-13(19)8-10-14/h7-10,12,15-16H,3-6,11H2,1-2H3. The van der Waals surface area contributed by atoms with Gasteiger partial charge in [-0.05, 0) is 43.0 Å². The quantitative estimate of drug-likeness (QED) is 0.595. The smallest absolute Gasteiger partial charge is 0.315 e. The summed E-state index contributed by atoms with van der Waals surface area (Å²) >= 11 is 5.82. The molecular weight excluding hydrogens is 316 g/mol. The van der Waals surface area contributed by atoms with Gasteiger partial charge in [0.1, 0.15) is 5.75 Å². The van der Waals surface area contributed by atoms with Crippen molar-refractivity contribution in [1.29, 1.82) is 0 Å². The van der Waals surface area contributed by atoms with Gasteiger partial charge < -0.3 is 9.47 Å². The van der Waals surface area contributed by atoms with E-state index in [1.165, 1.54) is 0 Å². The first-order valence-electron chi connectivity index (χ1n) is 8.11. The summed E-state index contributed by atoms with van der Waals surface area (Å²) in [5.74, 6) is -0.752. The van der Waals surface area contributed by atoms with Crippen molar-refractivity contribution in [1.82, 2.24) is 0 Å². The Bertz CT molecular complexity index is 538. The Morgan fingerprint density at radius 3 is 2.22 bits per heavy atom. The molecule has 4 nitrogen and oxygen atoms in total. The highest BCUT2D eigenvalue weighted by Gasteiger charge is 2.38. The van der Waals surface area contributed by atoms with Crippen molar-refractivity contribution < 1.29 is 19.1 Å². The molecule has 0 N–H and O–H groups in total. The topological polar surface area (TPSA) is 52.6 Å². The second kappa shape index (κ2) is 8.34. The third-order valence-corrected chi connectivity index (χ3v) is 4.21. The van der Waals surface area contributed by atoms with Crippen LogP contribution in [0.15, 0.2) is 24.3 Å². The van der Waals surface area contributed by atoms with Gasteiger partial charge in [0.15, 0.2) is 0 Å². The third-order valence-electron chi connectivity index (χ3n) is 3.96. The number of benzene rings is 1. The van der Waals surface area contributed by atoms with Gasteiger partial charge in [0.25, 0.3) is 0 Å². The Morgan fingerprint density at radius 1 is 1.09 bits per heavy atom. The average Bonchev–Trinajstić information content (AvgIpc) is 2.54. The Morgan fingerprint density at radius 2 is 1.65 bits per heavy atom. The molecular formula is C18H23ClO4. The van der Waals surface area contributed by atoms with Crippen LogP contribution in [-0.2, 0) is 14.3 Å². The van der Waals surface area contributed by atoms with Crippen molar-refractivity contribution in [2.45, 2.75) is 39.5 Å². The number of esters is 2. The number of rotatable bonds is 5. The molecule has 1 saturated carbocycles. The molecule has 2 rings (SSSR count). The Labute approximate surface area is 142 Å². The molecule has 0 heterocycles. The largest absolute Gasteiger partial charge is 0.465 e. The van der Waals surface area contributed by atoms with Crippen molar-refractivity contribution in [3.8, 4) is 5.75 Å². The highest BCUT2D eigenvalue weighted by atomic mass is 35.5. The molecule has 1 fully saturated rings. The van der Waals surface area contributed by atoms with E-state index in [9.17, 15) is 9.59 Å². The van der Waals surface area contributed by atoms with Gasteiger partial charge in [0.2, 0.25) is 0 Å². The zero-order valence-corrected chi connectivity index (χ0v) is 14.3. The molecule has 126 valence electrons. The predicted molar refractivity (Wildman–Crippen MR) is 88.3 cm³/mol. The van der Waals surface area contributed by atoms with Gasteiger partial charge in [-0.2, -0.15) is 0 Å². The van der Waals surface area contributed by atoms with E-state index < -0.39 is 11.8 Å². The molecule has 2 atom stereocenters. The molecule has 1 aromatic carbocycles. The average molecular weight is 339 g/mol. The van der Waals surface area contributed by atoms with E-state index >= 15 is 0 Å². The summed E-state index contributed by atoms with van der Waals surface area (Å²) in [6, 6.07) is 6.63. The van der Waals surface area contributed by atoms with Crippen LogP contribution in [0, 0.1) is 17.8 Å². The van der Waals surface area contributed by atoms with Gasteiger partial charge in [-0.3, -0.25) is 9.59 Å². The predicted octanol–water partition coefficient (Wildman–Crippen LogP) is 4.25. The molecule has 2 unspecified atom stereocenters. The number of carbonyl (C=O) groups is 2. The van der Waals surface area contributed by atoms with Crippen molar-refractivity contribution >= 4 is 23.5 Å². The summed E-state index contributed by atoms with van der Waals surface area (Å²) in [6.45, 7) is 4.36. The molecule has 1 aliphatic rings. The monoisotopic (exact) mass is 338 g/mol. The lowest BCUT2D eigenvalue weighted by Gasteiger charge is -2.28. The van der Waals surface area contributed by atoms with E-state index in [1.807, 2.05) is 13.8 Å². The second-order valence-electron chi connectivity index (χ2n) is 6.40. The van der Waals surface area contributed by atoms with Crippen molar-refractivity contribution in [3.63, 3.8) is 0 Å². The summed E-state index contributed by atoms with van der Waals surface area (Å²) in [5, 5.41) is 0.581. The lowest BCUT2D eigenvalue weighted by Crippen LogP contribution is -2.36. The van der Waals surface area contributed by atoms with E-state index in [1.54, 1.807) is 24.3 Å².